The Balaban J connectivity index is 2.35. The molecule has 0 bridgehead atoms. The van der Waals surface area contributed by atoms with Crippen molar-refractivity contribution in [2.75, 3.05) is 24.8 Å². The SMILES string of the molecule is COc1cc(OC)c(C(=O)CCCCCl)cc1NS(=O)(=O)c1ccc(OC(F)(F)F)cc1. The summed E-state index contributed by atoms with van der Waals surface area (Å²) in [6, 6.07) is 6.32. The first-order valence-corrected chi connectivity index (χ1v) is 11.3. The smallest absolute Gasteiger partial charge is 0.496 e. The third-order valence-electron chi connectivity index (χ3n) is 4.22. The molecule has 0 amide bonds. The van der Waals surface area contributed by atoms with E-state index in [1.54, 1.807) is 0 Å². The molecule has 0 saturated heterocycles. The maximum atomic E-state index is 12.8. The molecular weight excluding hydrogens is 475 g/mol. The molecule has 0 aromatic heterocycles. The molecule has 0 radical (unpaired) electrons. The van der Waals surface area contributed by atoms with Gasteiger partial charge in [-0.1, -0.05) is 0 Å². The van der Waals surface area contributed by atoms with Crippen LogP contribution in [0.2, 0.25) is 0 Å². The average Bonchev–Trinajstić information content (AvgIpc) is 2.72. The number of hydrogen-bond donors (Lipinski definition) is 1. The Bertz CT molecular complexity index is 1040. The molecule has 0 fully saturated rings. The average molecular weight is 496 g/mol. The molecule has 2 aromatic rings. The van der Waals surface area contributed by atoms with Crippen LogP contribution in [-0.4, -0.2) is 40.7 Å². The molecule has 0 atom stereocenters. The summed E-state index contributed by atoms with van der Waals surface area (Å²) < 4.78 is 78.9. The first-order chi connectivity index (χ1) is 15.0. The van der Waals surface area contributed by atoms with Gasteiger partial charge in [0.15, 0.2) is 5.78 Å². The number of carbonyl (C=O) groups is 1. The van der Waals surface area contributed by atoms with Gasteiger partial charge in [0.2, 0.25) is 0 Å². The molecule has 0 aliphatic rings. The summed E-state index contributed by atoms with van der Waals surface area (Å²) in [6.45, 7) is 0. The number of halogens is 4. The van der Waals surface area contributed by atoms with E-state index in [9.17, 15) is 26.4 Å². The maximum Gasteiger partial charge on any atom is 0.573 e. The van der Waals surface area contributed by atoms with Gasteiger partial charge in [0.05, 0.1) is 30.4 Å². The van der Waals surface area contributed by atoms with Crippen molar-refractivity contribution in [3.8, 4) is 17.2 Å². The molecule has 2 aromatic carbocycles. The number of nitrogens with one attached hydrogen (secondary N) is 1. The van der Waals surface area contributed by atoms with Crippen LogP contribution in [0.25, 0.3) is 0 Å². The lowest BCUT2D eigenvalue weighted by Gasteiger charge is -2.16. The van der Waals surface area contributed by atoms with Crippen molar-refractivity contribution in [2.45, 2.75) is 30.5 Å². The number of ether oxygens (including phenoxy) is 3. The largest absolute Gasteiger partial charge is 0.573 e. The molecule has 0 saturated carbocycles. The van der Waals surface area contributed by atoms with Crippen LogP contribution in [0, 0.1) is 0 Å². The summed E-state index contributed by atoms with van der Waals surface area (Å²) in [7, 11) is -1.56. The van der Waals surface area contributed by atoms with Gasteiger partial charge in [-0.2, -0.15) is 0 Å². The van der Waals surface area contributed by atoms with Crippen molar-refractivity contribution < 1.29 is 40.6 Å². The minimum atomic E-state index is -4.90. The van der Waals surface area contributed by atoms with E-state index in [0.717, 1.165) is 24.3 Å². The predicted octanol–water partition coefficient (Wildman–Crippen LogP) is 5.00. The monoisotopic (exact) mass is 495 g/mol. The number of anilines is 1. The summed E-state index contributed by atoms with van der Waals surface area (Å²) >= 11 is 5.63. The maximum absolute atomic E-state index is 12.8. The van der Waals surface area contributed by atoms with Crippen LogP contribution in [0.4, 0.5) is 18.9 Å². The molecule has 7 nitrogen and oxygen atoms in total. The fourth-order valence-corrected chi connectivity index (χ4v) is 3.99. The second-order valence-corrected chi connectivity index (χ2v) is 8.51. The van der Waals surface area contributed by atoms with Crippen molar-refractivity contribution in [1.29, 1.82) is 0 Å². The number of sulfonamides is 1. The van der Waals surface area contributed by atoms with Crippen LogP contribution in [-0.2, 0) is 10.0 Å². The summed E-state index contributed by atoms with van der Waals surface area (Å²) in [5.41, 5.74) is 0.110. The van der Waals surface area contributed by atoms with E-state index in [1.165, 1.54) is 26.4 Å². The number of rotatable bonds is 11. The highest BCUT2D eigenvalue weighted by Gasteiger charge is 2.31. The lowest BCUT2D eigenvalue weighted by molar-refractivity contribution is -0.274. The number of ketones is 1. The Labute approximate surface area is 188 Å². The first kappa shape index (κ1) is 25.6. The fourth-order valence-electron chi connectivity index (χ4n) is 2.74. The van der Waals surface area contributed by atoms with Crippen molar-refractivity contribution in [3.63, 3.8) is 0 Å². The van der Waals surface area contributed by atoms with Gasteiger partial charge < -0.3 is 14.2 Å². The zero-order valence-electron chi connectivity index (χ0n) is 17.2. The number of methoxy groups -OCH3 is 2. The predicted molar refractivity (Wildman–Crippen MR) is 112 cm³/mol. The molecule has 0 heterocycles. The van der Waals surface area contributed by atoms with E-state index in [4.69, 9.17) is 21.1 Å². The molecule has 12 heteroatoms. The molecule has 1 N–H and O–H groups in total. The zero-order chi connectivity index (χ0) is 23.9. The van der Waals surface area contributed by atoms with Crippen molar-refractivity contribution in [2.24, 2.45) is 0 Å². The fraction of sp³-hybridized carbons (Fsp3) is 0.350. The zero-order valence-corrected chi connectivity index (χ0v) is 18.7. The molecule has 0 spiro atoms. The van der Waals surface area contributed by atoms with Gasteiger partial charge in [-0.25, -0.2) is 8.42 Å². The molecule has 32 heavy (non-hydrogen) atoms. The third kappa shape index (κ3) is 6.92. The van der Waals surface area contributed by atoms with Crippen molar-refractivity contribution in [3.05, 3.63) is 42.0 Å². The van der Waals surface area contributed by atoms with Crippen LogP contribution in [0.1, 0.15) is 29.6 Å². The van der Waals surface area contributed by atoms with Gasteiger partial charge in [0.25, 0.3) is 10.0 Å². The Morgan fingerprint density at radius 2 is 1.66 bits per heavy atom. The Morgan fingerprint density at radius 1 is 1.03 bits per heavy atom. The van der Waals surface area contributed by atoms with Crippen molar-refractivity contribution in [1.82, 2.24) is 0 Å². The topological polar surface area (TPSA) is 90.9 Å². The summed E-state index contributed by atoms with van der Waals surface area (Å²) in [5.74, 6) is -0.147. The number of benzene rings is 2. The number of carbonyl (C=O) groups excluding carboxylic acids is 1. The quantitative estimate of drug-likeness (QED) is 0.268. The summed E-state index contributed by atoms with van der Waals surface area (Å²) in [6.07, 6.45) is -3.53. The third-order valence-corrected chi connectivity index (χ3v) is 5.87. The number of hydrogen-bond acceptors (Lipinski definition) is 6. The molecule has 2 rings (SSSR count). The van der Waals surface area contributed by atoms with Crippen LogP contribution < -0.4 is 18.9 Å². The van der Waals surface area contributed by atoms with E-state index in [-0.39, 0.29) is 39.8 Å². The van der Waals surface area contributed by atoms with E-state index in [2.05, 4.69) is 9.46 Å². The highest BCUT2D eigenvalue weighted by molar-refractivity contribution is 7.92. The van der Waals surface area contributed by atoms with Crippen LogP contribution in [0.15, 0.2) is 41.3 Å². The van der Waals surface area contributed by atoms with Gasteiger partial charge in [-0.15, -0.1) is 24.8 Å². The molecule has 176 valence electrons. The Morgan fingerprint density at radius 3 is 2.19 bits per heavy atom. The van der Waals surface area contributed by atoms with Crippen LogP contribution in [0.5, 0.6) is 17.2 Å². The minimum Gasteiger partial charge on any atom is -0.496 e. The van der Waals surface area contributed by atoms with Gasteiger partial charge >= 0.3 is 6.36 Å². The lowest BCUT2D eigenvalue weighted by atomic mass is 10.0. The van der Waals surface area contributed by atoms with E-state index in [0.29, 0.717) is 18.7 Å². The Hall–Kier alpha value is -2.66. The van der Waals surface area contributed by atoms with Crippen LogP contribution >= 0.6 is 11.6 Å². The number of alkyl halides is 4. The Kier molecular flexibility index (Phi) is 8.62. The highest BCUT2D eigenvalue weighted by Crippen LogP contribution is 2.35. The lowest BCUT2D eigenvalue weighted by Crippen LogP contribution is -2.17. The van der Waals surface area contributed by atoms with Gasteiger partial charge in [0, 0.05) is 18.4 Å². The first-order valence-electron chi connectivity index (χ1n) is 9.24. The summed E-state index contributed by atoms with van der Waals surface area (Å²) in [5, 5.41) is 0. The molecule has 0 aliphatic heterocycles. The number of unbranched alkanes of at least 4 members (excludes halogenated alkanes) is 1. The second-order valence-electron chi connectivity index (χ2n) is 6.45. The molecular formula is C20H21ClF3NO6S. The van der Waals surface area contributed by atoms with E-state index < -0.39 is 22.1 Å². The normalized spacial score (nSPS) is 11.7. The molecule has 0 unspecified atom stereocenters. The van der Waals surface area contributed by atoms with Gasteiger partial charge in [0.1, 0.15) is 17.2 Å². The van der Waals surface area contributed by atoms with Gasteiger partial charge in [-0.05, 0) is 43.2 Å². The number of Topliss-reactive ketones (excluding diaryl/α,β-unsaturated/α-hetero) is 1. The van der Waals surface area contributed by atoms with E-state index in [1.807, 2.05) is 0 Å². The molecule has 0 aliphatic carbocycles. The standard InChI is InChI=1S/C20H21ClF3NO6S/c1-29-18-12-19(30-2)16(11-15(18)17(26)5-3-4-10-21)25-32(27,28)14-8-6-13(7-9-14)31-20(22,23)24/h6-9,11-12,25H,3-5,10H2,1-2H3. The van der Waals surface area contributed by atoms with E-state index >= 15 is 0 Å². The summed E-state index contributed by atoms with van der Waals surface area (Å²) in [4.78, 5) is 12.3. The van der Waals surface area contributed by atoms with Gasteiger partial charge in [-0.3, -0.25) is 9.52 Å². The van der Waals surface area contributed by atoms with Crippen LogP contribution in [0.3, 0.4) is 0 Å². The minimum absolute atomic E-state index is 0.0374. The van der Waals surface area contributed by atoms with Crippen molar-refractivity contribution >= 4 is 33.1 Å². The highest BCUT2D eigenvalue weighted by atomic mass is 35.5. The second kappa shape index (κ2) is 10.8.